The zero-order valence-corrected chi connectivity index (χ0v) is 13.2. The van der Waals surface area contributed by atoms with Crippen LogP contribution in [0.1, 0.15) is 49.3 Å². The Balaban J connectivity index is 1.94. The molecule has 0 aliphatic heterocycles. The molecule has 108 valence electrons. The highest BCUT2D eigenvalue weighted by Crippen LogP contribution is 2.37. The van der Waals surface area contributed by atoms with Crippen LogP contribution in [0.5, 0.6) is 0 Å². The summed E-state index contributed by atoms with van der Waals surface area (Å²) in [5, 5.41) is 0. The number of aryl methyl sites for hydroxylation is 1. The summed E-state index contributed by atoms with van der Waals surface area (Å²) in [5.41, 5.74) is 8.79. The van der Waals surface area contributed by atoms with Gasteiger partial charge in [0.2, 0.25) is 0 Å². The van der Waals surface area contributed by atoms with E-state index in [9.17, 15) is 0 Å². The molecule has 0 nitrogen and oxygen atoms in total. The highest BCUT2D eigenvalue weighted by atomic mass is 14.2. The summed E-state index contributed by atoms with van der Waals surface area (Å²) in [5.74, 6) is 0. The van der Waals surface area contributed by atoms with Crippen LogP contribution in [0, 0.1) is 6.92 Å². The van der Waals surface area contributed by atoms with Crippen LogP contribution in [0.2, 0.25) is 0 Å². The van der Waals surface area contributed by atoms with Crippen LogP contribution in [0.25, 0.3) is 17.2 Å². The van der Waals surface area contributed by atoms with Gasteiger partial charge in [0.15, 0.2) is 0 Å². The van der Waals surface area contributed by atoms with Crippen molar-refractivity contribution in [2.45, 2.75) is 46.0 Å². The molecular formula is C21H24. The first-order valence-corrected chi connectivity index (χ1v) is 8.17. The van der Waals surface area contributed by atoms with Crippen molar-refractivity contribution in [3.05, 3.63) is 64.7 Å². The molecule has 0 bridgehead atoms. The van der Waals surface area contributed by atoms with Crippen molar-refractivity contribution < 1.29 is 0 Å². The molecule has 21 heavy (non-hydrogen) atoms. The molecule has 1 aliphatic carbocycles. The minimum Gasteiger partial charge on any atom is -0.0654 e. The average molecular weight is 276 g/mol. The van der Waals surface area contributed by atoms with Crippen LogP contribution >= 0.6 is 0 Å². The summed E-state index contributed by atoms with van der Waals surface area (Å²) >= 11 is 0. The molecule has 0 heterocycles. The van der Waals surface area contributed by atoms with Gasteiger partial charge in [-0.05, 0) is 54.0 Å². The molecule has 0 amide bonds. The fourth-order valence-electron chi connectivity index (χ4n) is 3.29. The van der Waals surface area contributed by atoms with Crippen molar-refractivity contribution in [2.24, 2.45) is 0 Å². The zero-order chi connectivity index (χ0) is 14.7. The first kappa shape index (κ1) is 14.1. The predicted octanol–water partition coefficient (Wildman–Crippen LogP) is 6.18. The van der Waals surface area contributed by atoms with Crippen molar-refractivity contribution in [1.82, 2.24) is 0 Å². The van der Waals surface area contributed by atoms with Crippen LogP contribution < -0.4 is 0 Å². The van der Waals surface area contributed by atoms with Crippen LogP contribution in [0.4, 0.5) is 0 Å². The molecule has 0 atom stereocenters. The monoisotopic (exact) mass is 276 g/mol. The maximum Gasteiger partial charge on any atom is -0.00550 e. The van der Waals surface area contributed by atoms with E-state index >= 15 is 0 Å². The molecular weight excluding hydrogens is 252 g/mol. The molecule has 0 unspecified atom stereocenters. The van der Waals surface area contributed by atoms with E-state index in [0.717, 1.165) is 6.42 Å². The minimum absolute atomic E-state index is 1.16. The summed E-state index contributed by atoms with van der Waals surface area (Å²) in [6.07, 6.45) is 8.85. The van der Waals surface area contributed by atoms with Gasteiger partial charge >= 0.3 is 0 Å². The Hall–Kier alpha value is -1.82. The van der Waals surface area contributed by atoms with Gasteiger partial charge in [-0.25, -0.2) is 0 Å². The zero-order valence-electron chi connectivity index (χ0n) is 13.2. The molecule has 0 heteroatoms. The standard InChI is InChI=1S/C21H24/c1-3-4-6-9-17-14-20-16(2)12-13-19(21(20)15-17)18-10-7-5-8-11-18/h5,7-8,10-13,15H,3-4,6,9,14H2,1-2H3. The second-order valence-electron chi connectivity index (χ2n) is 6.12. The highest BCUT2D eigenvalue weighted by molar-refractivity contribution is 5.81. The molecule has 2 aromatic carbocycles. The number of hydrogen-bond acceptors (Lipinski definition) is 0. The third kappa shape index (κ3) is 2.95. The fourth-order valence-corrected chi connectivity index (χ4v) is 3.29. The topological polar surface area (TPSA) is 0 Å². The van der Waals surface area contributed by atoms with Gasteiger partial charge < -0.3 is 0 Å². The van der Waals surface area contributed by atoms with Gasteiger partial charge in [0.1, 0.15) is 0 Å². The number of hydrogen-bond donors (Lipinski definition) is 0. The van der Waals surface area contributed by atoms with Gasteiger partial charge in [-0.1, -0.05) is 73.9 Å². The number of benzene rings is 2. The Morgan fingerprint density at radius 3 is 2.52 bits per heavy atom. The summed E-state index contributed by atoms with van der Waals surface area (Å²) in [6, 6.07) is 15.3. The first-order valence-electron chi connectivity index (χ1n) is 8.17. The quantitative estimate of drug-likeness (QED) is 0.572. The molecule has 2 aromatic rings. The Bertz CT molecular complexity index is 647. The van der Waals surface area contributed by atoms with Crippen molar-refractivity contribution in [2.75, 3.05) is 0 Å². The van der Waals surface area contributed by atoms with E-state index < -0.39 is 0 Å². The third-order valence-electron chi connectivity index (χ3n) is 4.53. The third-order valence-corrected chi connectivity index (χ3v) is 4.53. The van der Waals surface area contributed by atoms with Crippen LogP contribution in [-0.2, 0) is 6.42 Å². The van der Waals surface area contributed by atoms with E-state index in [2.05, 4.69) is 62.4 Å². The van der Waals surface area contributed by atoms with Gasteiger partial charge in [-0.2, -0.15) is 0 Å². The Kier molecular flexibility index (Phi) is 4.24. The van der Waals surface area contributed by atoms with E-state index in [0.29, 0.717) is 0 Å². The van der Waals surface area contributed by atoms with Crippen molar-refractivity contribution in [3.63, 3.8) is 0 Å². The lowest BCUT2D eigenvalue weighted by atomic mass is 9.94. The van der Waals surface area contributed by atoms with Gasteiger partial charge in [0.25, 0.3) is 0 Å². The molecule has 0 spiro atoms. The molecule has 3 rings (SSSR count). The van der Waals surface area contributed by atoms with Crippen LogP contribution in [0.3, 0.4) is 0 Å². The van der Waals surface area contributed by atoms with Gasteiger partial charge in [-0.3, -0.25) is 0 Å². The predicted molar refractivity (Wildman–Crippen MR) is 92.4 cm³/mol. The summed E-state index contributed by atoms with van der Waals surface area (Å²) in [4.78, 5) is 0. The molecule has 0 radical (unpaired) electrons. The molecule has 0 saturated carbocycles. The number of allylic oxidation sites excluding steroid dienone is 1. The molecule has 0 fully saturated rings. The van der Waals surface area contributed by atoms with E-state index in [1.54, 1.807) is 11.1 Å². The van der Waals surface area contributed by atoms with Crippen molar-refractivity contribution >= 4 is 6.08 Å². The normalized spacial score (nSPS) is 13.1. The van der Waals surface area contributed by atoms with Gasteiger partial charge in [0.05, 0.1) is 0 Å². The lowest BCUT2D eigenvalue weighted by Gasteiger charge is -2.10. The van der Waals surface area contributed by atoms with E-state index in [1.807, 2.05) is 0 Å². The number of unbranched alkanes of at least 4 members (excludes halogenated alkanes) is 2. The van der Waals surface area contributed by atoms with E-state index in [-0.39, 0.29) is 0 Å². The average Bonchev–Trinajstić information content (AvgIpc) is 2.94. The molecule has 0 aromatic heterocycles. The van der Waals surface area contributed by atoms with Crippen LogP contribution in [-0.4, -0.2) is 0 Å². The van der Waals surface area contributed by atoms with Crippen molar-refractivity contribution in [1.29, 1.82) is 0 Å². The minimum atomic E-state index is 1.16. The summed E-state index contributed by atoms with van der Waals surface area (Å²) in [7, 11) is 0. The molecule has 1 aliphatic rings. The van der Waals surface area contributed by atoms with Gasteiger partial charge in [-0.15, -0.1) is 0 Å². The number of fused-ring (bicyclic) bond motifs is 1. The fraction of sp³-hybridized carbons (Fsp3) is 0.333. The Labute approximate surface area is 128 Å². The first-order chi connectivity index (χ1) is 10.3. The Morgan fingerprint density at radius 1 is 0.952 bits per heavy atom. The van der Waals surface area contributed by atoms with Crippen molar-refractivity contribution in [3.8, 4) is 11.1 Å². The van der Waals surface area contributed by atoms with E-state index in [1.165, 1.54) is 47.9 Å². The van der Waals surface area contributed by atoms with E-state index in [4.69, 9.17) is 0 Å². The maximum atomic E-state index is 2.46. The highest BCUT2D eigenvalue weighted by Gasteiger charge is 2.18. The second kappa shape index (κ2) is 6.30. The maximum absolute atomic E-state index is 2.46. The lowest BCUT2D eigenvalue weighted by molar-refractivity contribution is 0.709. The Morgan fingerprint density at radius 2 is 1.76 bits per heavy atom. The smallest absolute Gasteiger partial charge is 0.00550 e. The summed E-state index contributed by atoms with van der Waals surface area (Å²) < 4.78 is 0. The molecule has 0 saturated heterocycles. The lowest BCUT2D eigenvalue weighted by Crippen LogP contribution is -1.92. The largest absolute Gasteiger partial charge is 0.0654 e. The van der Waals surface area contributed by atoms with Gasteiger partial charge in [0, 0.05) is 0 Å². The number of rotatable bonds is 5. The molecule has 0 N–H and O–H groups in total. The second-order valence-corrected chi connectivity index (χ2v) is 6.12. The summed E-state index contributed by atoms with van der Waals surface area (Å²) in [6.45, 7) is 4.52. The SMILES string of the molecule is CCCCCC1=Cc2c(-c3ccccc3)ccc(C)c2C1. The van der Waals surface area contributed by atoms with Crippen LogP contribution in [0.15, 0.2) is 48.0 Å².